The van der Waals surface area contributed by atoms with Gasteiger partial charge in [-0.25, -0.2) is 14.3 Å². The molecule has 9 heteroatoms. The lowest BCUT2D eigenvalue weighted by Gasteiger charge is -2.12. The van der Waals surface area contributed by atoms with Crippen molar-refractivity contribution >= 4 is 17.1 Å². The molecule has 4 aromatic rings. The molecule has 31 heavy (non-hydrogen) atoms. The van der Waals surface area contributed by atoms with Crippen LogP contribution < -0.4 is 16.8 Å². The number of hydrogen-bond donors (Lipinski definition) is 2. The predicted octanol–water partition coefficient (Wildman–Crippen LogP) is 1.75. The number of H-pyrrole nitrogens is 1. The molecule has 0 aliphatic carbocycles. The van der Waals surface area contributed by atoms with Gasteiger partial charge >= 0.3 is 5.69 Å². The highest BCUT2D eigenvalue weighted by molar-refractivity contribution is 5.82. The molecular weight excluding hydrogens is 398 g/mol. The van der Waals surface area contributed by atoms with Crippen LogP contribution >= 0.6 is 0 Å². The van der Waals surface area contributed by atoms with E-state index in [1.54, 1.807) is 50.2 Å². The summed E-state index contributed by atoms with van der Waals surface area (Å²) in [4.78, 5) is 44.1. The van der Waals surface area contributed by atoms with Crippen molar-refractivity contribution in [2.75, 3.05) is 0 Å². The molecule has 2 heterocycles. The molecule has 156 valence electrons. The number of nitrogens with one attached hydrogen (secondary N) is 1. The average Bonchev–Trinajstić information content (AvgIpc) is 2.71. The van der Waals surface area contributed by atoms with Crippen molar-refractivity contribution in [1.82, 2.24) is 19.2 Å². The summed E-state index contributed by atoms with van der Waals surface area (Å²) >= 11 is 0. The van der Waals surface area contributed by atoms with E-state index in [4.69, 9.17) is 0 Å². The molecule has 0 aliphatic heterocycles. The summed E-state index contributed by atoms with van der Waals surface area (Å²) in [6, 6.07) is 12.1. The van der Waals surface area contributed by atoms with Crippen LogP contribution in [0.3, 0.4) is 0 Å². The molecule has 0 saturated carbocycles. The van der Waals surface area contributed by atoms with Crippen molar-refractivity contribution < 1.29 is 5.11 Å². The summed E-state index contributed by atoms with van der Waals surface area (Å²) in [6.07, 6.45) is 1.04. The van der Waals surface area contributed by atoms with Gasteiger partial charge in [0.1, 0.15) is 11.4 Å². The summed E-state index contributed by atoms with van der Waals surface area (Å²) in [5.41, 5.74) is 0.369. The van der Waals surface area contributed by atoms with Gasteiger partial charge < -0.3 is 5.11 Å². The maximum atomic E-state index is 12.8. The summed E-state index contributed by atoms with van der Waals surface area (Å²) < 4.78 is 2.03. The quantitative estimate of drug-likeness (QED) is 0.492. The van der Waals surface area contributed by atoms with Crippen LogP contribution in [0, 0.1) is 20.8 Å². The zero-order valence-corrected chi connectivity index (χ0v) is 17.1. The lowest BCUT2D eigenvalue weighted by atomic mass is 10.1. The van der Waals surface area contributed by atoms with Gasteiger partial charge in [-0.15, -0.1) is 0 Å². The molecule has 0 bridgehead atoms. The molecule has 0 radical (unpaired) electrons. The maximum Gasteiger partial charge on any atom is 0.335 e. The van der Waals surface area contributed by atoms with E-state index in [2.05, 4.69) is 15.1 Å². The first kappa shape index (κ1) is 20.0. The number of aryl methyl sites for hydroxylation is 3. The third kappa shape index (κ3) is 3.46. The Kier molecular flexibility index (Phi) is 4.86. The second kappa shape index (κ2) is 7.52. The Morgan fingerprint density at radius 1 is 1.06 bits per heavy atom. The fourth-order valence-electron chi connectivity index (χ4n) is 3.42. The SMILES string of the molecule is Cc1ccc(-n2c(O)c(C=Nn3c(C)nc4ccccc4c3=O)c(=O)[nH]c2=O)c(C)c1. The topological polar surface area (TPSA) is 122 Å². The normalized spacial score (nSPS) is 11.5. The number of aromatic amines is 1. The summed E-state index contributed by atoms with van der Waals surface area (Å²) in [5, 5.41) is 15.2. The number of benzene rings is 2. The van der Waals surface area contributed by atoms with Crippen LogP contribution in [0.15, 0.2) is 61.9 Å². The van der Waals surface area contributed by atoms with Crippen LogP contribution in [0.1, 0.15) is 22.5 Å². The van der Waals surface area contributed by atoms with E-state index in [1.807, 2.05) is 13.0 Å². The molecule has 2 aromatic heterocycles. The number of fused-ring (bicyclic) bond motifs is 1. The van der Waals surface area contributed by atoms with Crippen molar-refractivity contribution in [1.29, 1.82) is 0 Å². The molecular formula is C22H19N5O4. The van der Waals surface area contributed by atoms with Gasteiger partial charge in [0.25, 0.3) is 11.1 Å². The minimum atomic E-state index is -0.827. The molecule has 4 rings (SSSR count). The lowest BCUT2D eigenvalue weighted by Crippen LogP contribution is -2.32. The van der Waals surface area contributed by atoms with Crippen LogP contribution in [0.5, 0.6) is 5.88 Å². The fraction of sp³-hybridized carbons (Fsp3) is 0.136. The predicted molar refractivity (Wildman–Crippen MR) is 118 cm³/mol. The molecule has 9 nitrogen and oxygen atoms in total. The highest BCUT2D eigenvalue weighted by atomic mass is 16.3. The van der Waals surface area contributed by atoms with E-state index >= 15 is 0 Å². The van der Waals surface area contributed by atoms with Gasteiger partial charge in [-0.3, -0.25) is 14.6 Å². The second-order valence-corrected chi connectivity index (χ2v) is 7.16. The Balaban J connectivity index is 1.90. The number of aromatic hydroxyl groups is 1. The summed E-state index contributed by atoms with van der Waals surface area (Å²) in [6.45, 7) is 5.30. The largest absolute Gasteiger partial charge is 0.493 e. The molecule has 2 N–H and O–H groups in total. The van der Waals surface area contributed by atoms with Crippen molar-refractivity contribution in [3.63, 3.8) is 0 Å². The Morgan fingerprint density at radius 3 is 2.55 bits per heavy atom. The van der Waals surface area contributed by atoms with Crippen LogP contribution in [0.4, 0.5) is 0 Å². The monoisotopic (exact) mass is 417 g/mol. The summed E-state index contributed by atoms with van der Waals surface area (Å²) in [7, 11) is 0. The number of rotatable bonds is 3. The Labute approximate surface area is 175 Å². The molecule has 0 amide bonds. The molecule has 0 unspecified atom stereocenters. The van der Waals surface area contributed by atoms with Gasteiger partial charge in [-0.05, 0) is 44.5 Å². The van der Waals surface area contributed by atoms with Gasteiger partial charge in [-0.2, -0.15) is 9.78 Å². The molecule has 0 spiro atoms. The Morgan fingerprint density at radius 2 is 1.81 bits per heavy atom. The number of aromatic nitrogens is 4. The van der Waals surface area contributed by atoms with E-state index in [9.17, 15) is 19.5 Å². The minimum absolute atomic E-state index is 0.265. The first-order chi connectivity index (χ1) is 14.8. The van der Waals surface area contributed by atoms with Gasteiger partial charge in [-0.1, -0.05) is 29.8 Å². The standard InChI is InChI=1S/C22H19N5O4/c1-12-8-9-18(13(2)10-12)26-20(29)16(19(28)25-22(26)31)11-23-27-14(3)24-17-7-5-4-6-15(17)21(27)30/h4-11,29H,1-3H3,(H,25,28,31). The smallest absolute Gasteiger partial charge is 0.335 e. The highest BCUT2D eigenvalue weighted by Gasteiger charge is 2.16. The Hall–Kier alpha value is -4.27. The number of nitrogens with zero attached hydrogens (tertiary/aromatic N) is 4. The zero-order valence-electron chi connectivity index (χ0n) is 17.1. The first-order valence-electron chi connectivity index (χ1n) is 9.46. The highest BCUT2D eigenvalue weighted by Crippen LogP contribution is 2.19. The minimum Gasteiger partial charge on any atom is -0.493 e. The lowest BCUT2D eigenvalue weighted by molar-refractivity contribution is 0.429. The zero-order chi connectivity index (χ0) is 22.3. The molecule has 0 atom stereocenters. The van der Waals surface area contributed by atoms with Crippen molar-refractivity contribution in [3.8, 4) is 11.6 Å². The van der Waals surface area contributed by atoms with Gasteiger partial charge in [0.05, 0.1) is 22.8 Å². The molecule has 0 fully saturated rings. The van der Waals surface area contributed by atoms with E-state index in [0.717, 1.165) is 26.6 Å². The number of para-hydroxylation sites is 1. The summed E-state index contributed by atoms with van der Waals surface area (Å²) in [5.74, 6) is -0.275. The van der Waals surface area contributed by atoms with Crippen LogP contribution in [-0.2, 0) is 0 Å². The second-order valence-electron chi connectivity index (χ2n) is 7.16. The van der Waals surface area contributed by atoms with Gasteiger partial charge in [0.2, 0.25) is 5.88 Å². The van der Waals surface area contributed by atoms with Gasteiger partial charge in [0, 0.05) is 0 Å². The first-order valence-corrected chi connectivity index (χ1v) is 9.46. The van der Waals surface area contributed by atoms with E-state index in [1.165, 1.54) is 0 Å². The van der Waals surface area contributed by atoms with Gasteiger partial charge in [0.15, 0.2) is 0 Å². The van der Waals surface area contributed by atoms with Crippen LogP contribution in [0.2, 0.25) is 0 Å². The molecule has 0 aliphatic rings. The molecule has 2 aromatic carbocycles. The average molecular weight is 417 g/mol. The van der Waals surface area contributed by atoms with Crippen molar-refractivity contribution in [2.24, 2.45) is 5.10 Å². The van der Waals surface area contributed by atoms with Crippen molar-refractivity contribution in [2.45, 2.75) is 20.8 Å². The van der Waals surface area contributed by atoms with Crippen molar-refractivity contribution in [3.05, 3.63) is 96.2 Å². The Bertz CT molecular complexity index is 1540. The van der Waals surface area contributed by atoms with E-state index < -0.39 is 22.7 Å². The number of hydrogen-bond acceptors (Lipinski definition) is 6. The van der Waals surface area contributed by atoms with E-state index in [-0.39, 0.29) is 5.56 Å². The van der Waals surface area contributed by atoms with Crippen LogP contribution in [0.25, 0.3) is 16.6 Å². The fourth-order valence-corrected chi connectivity index (χ4v) is 3.42. The third-order valence-electron chi connectivity index (χ3n) is 4.93. The third-order valence-corrected chi connectivity index (χ3v) is 4.93. The van der Waals surface area contributed by atoms with E-state index in [0.29, 0.717) is 22.4 Å². The maximum absolute atomic E-state index is 12.8. The van der Waals surface area contributed by atoms with Crippen LogP contribution in [-0.4, -0.2) is 30.5 Å². The molecule has 0 saturated heterocycles.